The molecule has 0 atom stereocenters. The molecular weight excluding hydrogens is 326 g/mol. The molecule has 1 aliphatic rings. The number of benzene rings is 2. The van der Waals surface area contributed by atoms with E-state index in [4.69, 9.17) is 10.5 Å². The normalized spacial score (nSPS) is 15.3. The van der Waals surface area contributed by atoms with Crippen molar-refractivity contribution in [2.24, 2.45) is 0 Å². The predicted octanol–water partition coefficient (Wildman–Crippen LogP) is 2.54. The first-order valence-corrected chi connectivity index (χ1v) is 8.85. The molecule has 1 aliphatic heterocycles. The molecule has 134 valence electrons. The van der Waals surface area contributed by atoms with Gasteiger partial charge >= 0.3 is 0 Å². The van der Waals surface area contributed by atoms with Crippen LogP contribution in [0.5, 0.6) is 5.75 Å². The standard InChI is InChI=1S/C20H23N5O/c1-26-16-6-4-5-15(13-16)25-11-9-24(10-12-25)14-19-22-18-8-3-2-7-17(18)20(21)23-19/h2-8,13H,9-12,14H2,1H3,(H2,21,22,23). The fourth-order valence-corrected chi connectivity index (χ4v) is 3.39. The second-order valence-corrected chi connectivity index (χ2v) is 6.51. The Morgan fingerprint density at radius 3 is 2.62 bits per heavy atom. The maximum atomic E-state index is 6.10. The van der Waals surface area contributed by atoms with Crippen molar-refractivity contribution in [2.45, 2.75) is 6.54 Å². The van der Waals surface area contributed by atoms with Crippen LogP contribution in [0.4, 0.5) is 11.5 Å². The van der Waals surface area contributed by atoms with Crippen molar-refractivity contribution in [1.82, 2.24) is 14.9 Å². The Morgan fingerprint density at radius 2 is 1.81 bits per heavy atom. The molecule has 6 nitrogen and oxygen atoms in total. The predicted molar refractivity (Wildman–Crippen MR) is 104 cm³/mol. The van der Waals surface area contributed by atoms with Gasteiger partial charge in [-0.2, -0.15) is 0 Å². The van der Waals surface area contributed by atoms with Crippen LogP contribution in [0.15, 0.2) is 48.5 Å². The van der Waals surface area contributed by atoms with E-state index in [9.17, 15) is 0 Å². The zero-order chi connectivity index (χ0) is 17.9. The summed E-state index contributed by atoms with van der Waals surface area (Å²) in [5, 5.41) is 0.916. The second-order valence-electron chi connectivity index (χ2n) is 6.51. The van der Waals surface area contributed by atoms with E-state index in [-0.39, 0.29) is 0 Å². The van der Waals surface area contributed by atoms with Gasteiger partial charge in [0.05, 0.1) is 19.2 Å². The van der Waals surface area contributed by atoms with Crippen LogP contribution in [0, 0.1) is 0 Å². The van der Waals surface area contributed by atoms with Gasteiger partial charge in [0.1, 0.15) is 17.4 Å². The molecule has 0 bridgehead atoms. The molecule has 0 saturated carbocycles. The van der Waals surface area contributed by atoms with Crippen molar-refractivity contribution in [2.75, 3.05) is 43.9 Å². The summed E-state index contributed by atoms with van der Waals surface area (Å²) in [6.07, 6.45) is 0. The summed E-state index contributed by atoms with van der Waals surface area (Å²) in [5.74, 6) is 2.24. The number of nitrogens with zero attached hydrogens (tertiary/aromatic N) is 4. The van der Waals surface area contributed by atoms with Gasteiger partial charge in [-0.15, -0.1) is 0 Å². The number of para-hydroxylation sites is 1. The summed E-state index contributed by atoms with van der Waals surface area (Å²) >= 11 is 0. The van der Waals surface area contributed by atoms with Gasteiger partial charge in [-0.05, 0) is 24.3 Å². The highest BCUT2D eigenvalue weighted by Gasteiger charge is 2.19. The SMILES string of the molecule is COc1cccc(N2CCN(Cc3nc(N)c4ccccc4n3)CC2)c1. The third-order valence-electron chi connectivity index (χ3n) is 4.83. The topological polar surface area (TPSA) is 67.5 Å². The minimum absolute atomic E-state index is 0.556. The number of rotatable bonds is 4. The Kier molecular flexibility index (Phi) is 4.58. The quantitative estimate of drug-likeness (QED) is 0.781. The van der Waals surface area contributed by atoms with E-state index in [1.165, 1.54) is 5.69 Å². The van der Waals surface area contributed by atoms with E-state index in [0.29, 0.717) is 5.82 Å². The van der Waals surface area contributed by atoms with Gasteiger partial charge < -0.3 is 15.4 Å². The van der Waals surface area contributed by atoms with Crippen molar-refractivity contribution >= 4 is 22.4 Å². The van der Waals surface area contributed by atoms with Gasteiger partial charge in [0.25, 0.3) is 0 Å². The van der Waals surface area contributed by atoms with Gasteiger partial charge in [-0.3, -0.25) is 4.90 Å². The van der Waals surface area contributed by atoms with E-state index >= 15 is 0 Å². The van der Waals surface area contributed by atoms with Crippen molar-refractivity contribution in [1.29, 1.82) is 0 Å². The first-order valence-electron chi connectivity index (χ1n) is 8.85. The molecule has 0 spiro atoms. The Labute approximate surface area is 153 Å². The second kappa shape index (κ2) is 7.17. The molecule has 0 unspecified atom stereocenters. The Morgan fingerprint density at radius 1 is 1.00 bits per heavy atom. The number of methoxy groups -OCH3 is 1. The monoisotopic (exact) mass is 349 g/mol. The minimum Gasteiger partial charge on any atom is -0.497 e. The van der Waals surface area contributed by atoms with Gasteiger partial charge in [0, 0.05) is 43.3 Å². The first kappa shape index (κ1) is 16.6. The van der Waals surface area contributed by atoms with Crippen LogP contribution in [0.25, 0.3) is 10.9 Å². The lowest BCUT2D eigenvalue weighted by Gasteiger charge is -2.35. The number of hydrogen-bond acceptors (Lipinski definition) is 6. The molecule has 2 heterocycles. The fraction of sp³-hybridized carbons (Fsp3) is 0.300. The van der Waals surface area contributed by atoms with Gasteiger partial charge in [-0.25, -0.2) is 9.97 Å². The van der Waals surface area contributed by atoms with Crippen LogP contribution in [-0.2, 0) is 6.54 Å². The highest BCUT2D eigenvalue weighted by Crippen LogP contribution is 2.23. The number of fused-ring (bicyclic) bond motifs is 1. The maximum Gasteiger partial charge on any atom is 0.145 e. The van der Waals surface area contributed by atoms with Crippen molar-refractivity contribution in [3.05, 3.63) is 54.4 Å². The highest BCUT2D eigenvalue weighted by atomic mass is 16.5. The lowest BCUT2D eigenvalue weighted by Crippen LogP contribution is -2.46. The van der Waals surface area contributed by atoms with E-state index in [2.05, 4.69) is 31.9 Å². The van der Waals surface area contributed by atoms with E-state index in [0.717, 1.165) is 55.2 Å². The van der Waals surface area contributed by atoms with Crippen LogP contribution in [0.2, 0.25) is 0 Å². The van der Waals surface area contributed by atoms with E-state index < -0.39 is 0 Å². The molecule has 3 aromatic rings. The van der Waals surface area contributed by atoms with Crippen LogP contribution in [0.3, 0.4) is 0 Å². The summed E-state index contributed by atoms with van der Waals surface area (Å²) in [6.45, 7) is 4.59. The molecule has 2 aromatic carbocycles. The largest absolute Gasteiger partial charge is 0.497 e. The smallest absolute Gasteiger partial charge is 0.145 e. The molecule has 0 aliphatic carbocycles. The molecule has 1 aromatic heterocycles. The van der Waals surface area contributed by atoms with Crippen molar-refractivity contribution < 1.29 is 4.74 Å². The highest BCUT2D eigenvalue weighted by molar-refractivity contribution is 5.87. The van der Waals surface area contributed by atoms with E-state index in [1.54, 1.807) is 7.11 Å². The lowest BCUT2D eigenvalue weighted by molar-refractivity contribution is 0.244. The summed E-state index contributed by atoms with van der Waals surface area (Å²) in [4.78, 5) is 13.9. The van der Waals surface area contributed by atoms with Gasteiger partial charge in [0.2, 0.25) is 0 Å². The van der Waals surface area contributed by atoms with Gasteiger partial charge in [-0.1, -0.05) is 18.2 Å². The number of hydrogen-bond donors (Lipinski definition) is 1. The zero-order valence-electron chi connectivity index (χ0n) is 14.9. The zero-order valence-corrected chi connectivity index (χ0v) is 14.9. The summed E-state index contributed by atoms with van der Waals surface area (Å²) in [5.41, 5.74) is 8.21. The number of ether oxygens (including phenoxy) is 1. The number of anilines is 2. The number of piperazine rings is 1. The van der Waals surface area contributed by atoms with Crippen LogP contribution in [-0.4, -0.2) is 48.2 Å². The number of nitrogens with two attached hydrogens (primary N) is 1. The minimum atomic E-state index is 0.556. The molecule has 26 heavy (non-hydrogen) atoms. The summed E-state index contributed by atoms with van der Waals surface area (Å²) in [6, 6.07) is 16.1. The van der Waals surface area contributed by atoms with Gasteiger partial charge in [0.15, 0.2) is 0 Å². The summed E-state index contributed by atoms with van der Waals surface area (Å²) < 4.78 is 5.33. The maximum absolute atomic E-state index is 6.10. The third-order valence-corrected chi connectivity index (χ3v) is 4.83. The molecule has 0 amide bonds. The van der Waals surface area contributed by atoms with Crippen LogP contribution < -0.4 is 15.4 Å². The molecule has 6 heteroatoms. The Bertz CT molecular complexity index is 906. The summed E-state index contributed by atoms with van der Waals surface area (Å²) in [7, 11) is 1.70. The molecule has 4 rings (SSSR count). The average molecular weight is 349 g/mol. The Balaban J connectivity index is 1.42. The molecule has 2 N–H and O–H groups in total. The molecule has 1 fully saturated rings. The van der Waals surface area contributed by atoms with E-state index in [1.807, 2.05) is 36.4 Å². The molecule has 1 saturated heterocycles. The van der Waals surface area contributed by atoms with Crippen LogP contribution in [0.1, 0.15) is 5.82 Å². The van der Waals surface area contributed by atoms with Crippen molar-refractivity contribution in [3.63, 3.8) is 0 Å². The third kappa shape index (κ3) is 3.41. The number of nitrogen functional groups attached to an aromatic ring is 1. The molecular formula is C20H23N5O. The lowest BCUT2D eigenvalue weighted by atomic mass is 10.2. The van der Waals surface area contributed by atoms with Crippen LogP contribution >= 0.6 is 0 Å². The average Bonchev–Trinajstić information content (AvgIpc) is 2.69. The van der Waals surface area contributed by atoms with Crippen molar-refractivity contribution in [3.8, 4) is 5.75 Å². The molecule has 0 radical (unpaired) electrons. The number of aromatic nitrogens is 2. The fourth-order valence-electron chi connectivity index (χ4n) is 3.39. The Hall–Kier alpha value is -2.86. The first-order chi connectivity index (χ1) is 12.7.